The number of carbonyl (C=O) groups is 1. The molecule has 1 aliphatic heterocycles. The molecule has 1 aromatic rings. The van der Waals surface area contributed by atoms with E-state index in [1.165, 1.54) is 19.2 Å². The number of amides is 1. The zero-order valence-electron chi connectivity index (χ0n) is 11.9. The fourth-order valence-corrected chi connectivity index (χ4v) is 2.53. The Balaban J connectivity index is 2.30. The van der Waals surface area contributed by atoms with E-state index in [1.807, 2.05) is 0 Å². The summed E-state index contributed by atoms with van der Waals surface area (Å²) in [5.41, 5.74) is 5.50. The Morgan fingerprint density at radius 1 is 1.36 bits per heavy atom. The van der Waals surface area contributed by atoms with E-state index in [2.05, 4.69) is 0 Å². The lowest BCUT2D eigenvalue weighted by molar-refractivity contribution is -0.184. The summed E-state index contributed by atoms with van der Waals surface area (Å²) in [6.45, 7) is -0.212. The van der Waals surface area contributed by atoms with E-state index >= 15 is 0 Å². The van der Waals surface area contributed by atoms with Crippen molar-refractivity contribution in [2.24, 2.45) is 5.73 Å². The molecule has 0 unspecified atom stereocenters. The monoisotopic (exact) mass is 320 g/mol. The molecule has 0 bridgehead atoms. The Kier molecular flexibility index (Phi) is 4.60. The van der Waals surface area contributed by atoms with Gasteiger partial charge < -0.3 is 15.4 Å². The third kappa shape index (κ3) is 3.32. The van der Waals surface area contributed by atoms with Crippen molar-refractivity contribution < 1.29 is 27.1 Å². The van der Waals surface area contributed by atoms with Crippen LogP contribution >= 0.6 is 0 Å². The van der Waals surface area contributed by atoms with Gasteiger partial charge >= 0.3 is 6.18 Å². The average Bonchev–Trinajstić information content (AvgIpc) is 2.45. The summed E-state index contributed by atoms with van der Waals surface area (Å²) in [4.78, 5) is 13.0. The normalized spacial score (nSPS) is 22.5. The molecule has 1 aliphatic rings. The molecule has 1 aromatic carbocycles. The number of piperidine rings is 1. The Morgan fingerprint density at radius 2 is 2.05 bits per heavy atom. The van der Waals surface area contributed by atoms with Crippen LogP contribution in [0.15, 0.2) is 18.2 Å². The Morgan fingerprint density at radius 3 is 2.59 bits per heavy atom. The highest BCUT2D eigenvalue weighted by atomic mass is 19.4. The molecule has 4 nitrogen and oxygen atoms in total. The van der Waals surface area contributed by atoms with E-state index in [-0.39, 0.29) is 30.7 Å². The minimum atomic E-state index is -4.54. The zero-order valence-corrected chi connectivity index (χ0v) is 11.9. The summed E-state index contributed by atoms with van der Waals surface area (Å²) in [6.07, 6.45) is -4.61. The van der Waals surface area contributed by atoms with Crippen LogP contribution in [0.2, 0.25) is 0 Å². The van der Waals surface area contributed by atoms with Crippen molar-refractivity contribution >= 4 is 5.91 Å². The van der Waals surface area contributed by atoms with E-state index in [9.17, 15) is 22.4 Å². The fourth-order valence-electron chi connectivity index (χ4n) is 2.53. The van der Waals surface area contributed by atoms with E-state index in [0.717, 1.165) is 6.07 Å². The maximum absolute atomic E-state index is 13.6. The SMILES string of the molecule is COc1ccc(C(=O)N2C[C@H](N)CC[C@@H]2C(F)(F)F)cc1F. The van der Waals surface area contributed by atoms with Crippen molar-refractivity contribution in [3.05, 3.63) is 29.6 Å². The van der Waals surface area contributed by atoms with Gasteiger partial charge in [0.05, 0.1) is 7.11 Å². The molecule has 1 fully saturated rings. The molecule has 122 valence electrons. The number of hydrogen-bond acceptors (Lipinski definition) is 3. The van der Waals surface area contributed by atoms with Crippen LogP contribution in [0.5, 0.6) is 5.75 Å². The molecule has 2 rings (SSSR count). The maximum Gasteiger partial charge on any atom is 0.408 e. The van der Waals surface area contributed by atoms with Gasteiger partial charge in [-0.1, -0.05) is 0 Å². The largest absolute Gasteiger partial charge is 0.494 e. The molecule has 1 heterocycles. The second-order valence-electron chi connectivity index (χ2n) is 5.20. The summed E-state index contributed by atoms with van der Waals surface area (Å²) >= 11 is 0. The molecule has 0 aromatic heterocycles. The Bertz CT molecular complexity index is 562. The van der Waals surface area contributed by atoms with Crippen LogP contribution in [0, 0.1) is 5.82 Å². The van der Waals surface area contributed by atoms with Gasteiger partial charge in [-0.05, 0) is 31.0 Å². The third-order valence-electron chi connectivity index (χ3n) is 3.66. The Hall–Kier alpha value is -1.83. The summed E-state index contributed by atoms with van der Waals surface area (Å²) in [5.74, 6) is -1.78. The van der Waals surface area contributed by atoms with Crippen LogP contribution in [0.1, 0.15) is 23.2 Å². The van der Waals surface area contributed by atoms with Crippen LogP contribution in [0.25, 0.3) is 0 Å². The molecule has 22 heavy (non-hydrogen) atoms. The number of carbonyl (C=O) groups excluding carboxylic acids is 1. The minimum Gasteiger partial charge on any atom is -0.494 e. The van der Waals surface area contributed by atoms with Crippen LogP contribution in [-0.4, -0.2) is 42.7 Å². The summed E-state index contributed by atoms with van der Waals surface area (Å²) in [6, 6.07) is 0.886. The van der Waals surface area contributed by atoms with Crippen molar-refractivity contribution in [2.75, 3.05) is 13.7 Å². The number of methoxy groups -OCH3 is 1. The molecule has 0 spiro atoms. The highest BCUT2D eigenvalue weighted by Crippen LogP contribution is 2.33. The molecule has 1 saturated heterocycles. The third-order valence-corrected chi connectivity index (χ3v) is 3.66. The summed E-state index contributed by atoms with van der Waals surface area (Å²) < 4.78 is 57.6. The lowest BCUT2D eigenvalue weighted by Crippen LogP contribution is -2.56. The molecule has 0 radical (unpaired) electrons. The van der Waals surface area contributed by atoms with Gasteiger partial charge in [-0.15, -0.1) is 0 Å². The second-order valence-corrected chi connectivity index (χ2v) is 5.20. The van der Waals surface area contributed by atoms with Crippen molar-refractivity contribution in [3.63, 3.8) is 0 Å². The first-order valence-corrected chi connectivity index (χ1v) is 6.71. The van der Waals surface area contributed by atoms with Crippen LogP contribution in [-0.2, 0) is 0 Å². The van der Waals surface area contributed by atoms with E-state index in [4.69, 9.17) is 10.5 Å². The van der Waals surface area contributed by atoms with Gasteiger partial charge in [-0.3, -0.25) is 4.79 Å². The van der Waals surface area contributed by atoms with E-state index in [1.54, 1.807) is 0 Å². The first kappa shape index (κ1) is 16.5. The summed E-state index contributed by atoms with van der Waals surface area (Å²) in [5, 5.41) is 0. The van der Waals surface area contributed by atoms with Gasteiger partial charge in [-0.25, -0.2) is 4.39 Å². The predicted molar refractivity (Wildman–Crippen MR) is 71.0 cm³/mol. The maximum atomic E-state index is 13.6. The molecule has 1 amide bonds. The van der Waals surface area contributed by atoms with Gasteiger partial charge in [0, 0.05) is 18.2 Å². The number of alkyl halides is 3. The van der Waals surface area contributed by atoms with Crippen molar-refractivity contribution in [1.29, 1.82) is 0 Å². The molecule has 2 atom stereocenters. The lowest BCUT2D eigenvalue weighted by Gasteiger charge is -2.39. The average molecular weight is 320 g/mol. The smallest absolute Gasteiger partial charge is 0.408 e. The van der Waals surface area contributed by atoms with Crippen molar-refractivity contribution in [1.82, 2.24) is 4.90 Å². The van der Waals surface area contributed by atoms with Gasteiger partial charge in [-0.2, -0.15) is 13.2 Å². The topological polar surface area (TPSA) is 55.6 Å². The number of benzene rings is 1. The van der Waals surface area contributed by atoms with Gasteiger partial charge in [0.1, 0.15) is 6.04 Å². The number of likely N-dealkylation sites (tertiary alicyclic amines) is 1. The molecule has 2 N–H and O–H groups in total. The van der Waals surface area contributed by atoms with E-state index < -0.39 is 30.0 Å². The fraction of sp³-hybridized carbons (Fsp3) is 0.500. The molecule has 0 saturated carbocycles. The highest BCUT2D eigenvalue weighted by molar-refractivity contribution is 5.94. The van der Waals surface area contributed by atoms with Crippen molar-refractivity contribution in [2.45, 2.75) is 31.1 Å². The van der Waals surface area contributed by atoms with Crippen LogP contribution in [0.3, 0.4) is 0 Å². The number of hydrogen-bond donors (Lipinski definition) is 1. The number of halogens is 4. The quantitative estimate of drug-likeness (QED) is 0.851. The first-order chi connectivity index (χ1) is 10.2. The number of ether oxygens (including phenoxy) is 1. The standard InChI is InChI=1S/C14H16F4N2O2/c1-22-11-4-2-8(6-10(11)15)13(21)20-7-9(19)3-5-12(20)14(16,17)18/h2,4,6,9,12H,3,5,7,19H2,1H3/t9-,12-/m1/s1. The second kappa shape index (κ2) is 6.12. The molecule has 0 aliphatic carbocycles. The first-order valence-electron chi connectivity index (χ1n) is 6.71. The number of nitrogens with two attached hydrogens (primary N) is 1. The number of rotatable bonds is 2. The van der Waals surface area contributed by atoms with Crippen LogP contribution < -0.4 is 10.5 Å². The van der Waals surface area contributed by atoms with Gasteiger partial charge in [0.2, 0.25) is 0 Å². The van der Waals surface area contributed by atoms with E-state index in [0.29, 0.717) is 4.90 Å². The number of nitrogens with zero attached hydrogens (tertiary/aromatic N) is 1. The lowest BCUT2D eigenvalue weighted by atomic mass is 9.97. The van der Waals surface area contributed by atoms with Gasteiger partial charge in [0.15, 0.2) is 11.6 Å². The Labute approximate surface area is 124 Å². The van der Waals surface area contributed by atoms with Crippen LogP contribution in [0.4, 0.5) is 17.6 Å². The summed E-state index contributed by atoms with van der Waals surface area (Å²) in [7, 11) is 1.25. The molecular formula is C14H16F4N2O2. The van der Waals surface area contributed by atoms with Crippen molar-refractivity contribution in [3.8, 4) is 5.75 Å². The zero-order chi connectivity index (χ0) is 16.5. The minimum absolute atomic E-state index is 0.0840. The van der Waals surface area contributed by atoms with Gasteiger partial charge in [0.25, 0.3) is 5.91 Å². The molecule has 8 heteroatoms. The highest BCUT2D eigenvalue weighted by Gasteiger charge is 2.47. The molecular weight excluding hydrogens is 304 g/mol. The predicted octanol–water partition coefficient (Wildman–Crippen LogP) is 2.33.